The Morgan fingerprint density at radius 3 is 2.86 bits per heavy atom. The van der Waals surface area contributed by atoms with E-state index in [1.54, 1.807) is 12.1 Å². The first kappa shape index (κ1) is 18.9. The Hall–Kier alpha value is -3.48. The number of non-ortho nitro benzene ring substituents is 1. The van der Waals surface area contributed by atoms with Gasteiger partial charge in [-0.3, -0.25) is 14.9 Å². The van der Waals surface area contributed by atoms with Crippen LogP contribution in [-0.2, 0) is 24.2 Å². The van der Waals surface area contributed by atoms with Crippen LogP contribution >= 0.6 is 0 Å². The number of hydrazone groups is 1. The lowest BCUT2D eigenvalue weighted by Gasteiger charge is -2.15. The summed E-state index contributed by atoms with van der Waals surface area (Å²) in [6, 6.07) is 14.5. The maximum absolute atomic E-state index is 12.3. The molecule has 7 heteroatoms. The van der Waals surface area contributed by atoms with Crippen LogP contribution in [0, 0.1) is 10.1 Å². The molecule has 7 nitrogen and oxygen atoms in total. The standard InChI is InChI=1S/C22H22N4O3/c27-22(24-23-15-16-6-5-7-17(14-16)26(28)29)12-13-25-20-10-3-1-8-18(20)19-9-2-4-11-21(19)25/h1,3,5-8,10,14-15H,2,4,9,11-13H2,(H,24,27). The van der Waals surface area contributed by atoms with Gasteiger partial charge in [0.1, 0.15) is 0 Å². The summed E-state index contributed by atoms with van der Waals surface area (Å²) >= 11 is 0. The van der Waals surface area contributed by atoms with Gasteiger partial charge in [-0.25, -0.2) is 5.43 Å². The lowest BCUT2D eigenvalue weighted by Crippen LogP contribution is -2.20. The number of carbonyl (C=O) groups is 1. The molecular formula is C22H22N4O3. The molecule has 2 aromatic carbocycles. The van der Waals surface area contributed by atoms with Crippen molar-refractivity contribution in [2.45, 2.75) is 38.6 Å². The zero-order chi connectivity index (χ0) is 20.2. The fraction of sp³-hybridized carbons (Fsp3) is 0.273. The first-order valence-electron chi connectivity index (χ1n) is 9.79. The number of aryl methyl sites for hydroxylation is 2. The van der Waals surface area contributed by atoms with Crippen molar-refractivity contribution in [2.24, 2.45) is 5.10 Å². The number of carbonyl (C=O) groups excluding carboxylic acids is 1. The second-order valence-corrected chi connectivity index (χ2v) is 7.20. The number of nitro benzene ring substituents is 1. The van der Waals surface area contributed by atoms with E-state index in [1.165, 1.54) is 53.3 Å². The molecule has 148 valence electrons. The topological polar surface area (TPSA) is 89.5 Å². The molecule has 0 spiro atoms. The number of hydrogen-bond donors (Lipinski definition) is 1. The quantitative estimate of drug-likeness (QED) is 0.392. The minimum atomic E-state index is -0.460. The Balaban J connectivity index is 1.42. The molecule has 0 aliphatic heterocycles. The number of nitrogens with zero attached hydrogens (tertiary/aromatic N) is 3. The van der Waals surface area contributed by atoms with Crippen LogP contribution in [0.1, 0.15) is 36.1 Å². The number of benzene rings is 2. The summed E-state index contributed by atoms with van der Waals surface area (Å²) in [5, 5.41) is 16.0. The lowest BCUT2D eigenvalue weighted by atomic mass is 9.95. The number of nitrogens with one attached hydrogen (secondary N) is 1. The number of aromatic nitrogens is 1. The van der Waals surface area contributed by atoms with Crippen molar-refractivity contribution in [3.05, 3.63) is 75.5 Å². The van der Waals surface area contributed by atoms with Gasteiger partial charge in [0.25, 0.3) is 5.69 Å². The summed E-state index contributed by atoms with van der Waals surface area (Å²) in [5.41, 5.74) is 7.03. The molecule has 0 unspecified atom stereocenters. The first-order valence-corrected chi connectivity index (χ1v) is 9.79. The summed E-state index contributed by atoms with van der Waals surface area (Å²) in [7, 11) is 0. The molecular weight excluding hydrogens is 368 g/mol. The van der Waals surface area contributed by atoms with Gasteiger partial charge in [-0.2, -0.15) is 5.10 Å². The third kappa shape index (κ3) is 4.03. The number of fused-ring (bicyclic) bond motifs is 3. The van der Waals surface area contributed by atoms with Crippen molar-refractivity contribution in [3.8, 4) is 0 Å². The monoisotopic (exact) mass is 390 g/mol. The molecule has 1 aliphatic rings. The number of nitro groups is 1. The van der Waals surface area contributed by atoms with Gasteiger partial charge >= 0.3 is 0 Å². The molecule has 1 N–H and O–H groups in total. The van der Waals surface area contributed by atoms with E-state index in [0.717, 1.165) is 12.8 Å². The van der Waals surface area contributed by atoms with Crippen LogP contribution in [0.25, 0.3) is 10.9 Å². The van der Waals surface area contributed by atoms with Gasteiger partial charge in [-0.15, -0.1) is 0 Å². The molecule has 0 radical (unpaired) electrons. The predicted molar refractivity (Wildman–Crippen MR) is 112 cm³/mol. The fourth-order valence-electron chi connectivity index (χ4n) is 4.01. The highest BCUT2D eigenvalue weighted by molar-refractivity contribution is 5.86. The lowest BCUT2D eigenvalue weighted by molar-refractivity contribution is -0.384. The third-order valence-corrected chi connectivity index (χ3v) is 5.33. The van der Waals surface area contributed by atoms with Gasteiger partial charge in [0, 0.05) is 47.3 Å². The molecule has 0 saturated heterocycles. The van der Waals surface area contributed by atoms with Crippen LogP contribution in [0.5, 0.6) is 0 Å². The highest BCUT2D eigenvalue weighted by Gasteiger charge is 2.19. The zero-order valence-corrected chi connectivity index (χ0v) is 16.0. The molecule has 29 heavy (non-hydrogen) atoms. The molecule has 0 bridgehead atoms. The van der Waals surface area contributed by atoms with Gasteiger partial charge in [-0.1, -0.05) is 30.3 Å². The minimum absolute atomic E-state index is 0.00969. The largest absolute Gasteiger partial charge is 0.344 e. The molecule has 1 heterocycles. The van der Waals surface area contributed by atoms with Gasteiger partial charge in [-0.05, 0) is 37.3 Å². The normalized spacial score (nSPS) is 13.5. The number of rotatable bonds is 6. The second kappa shape index (κ2) is 8.26. The summed E-state index contributed by atoms with van der Waals surface area (Å²) < 4.78 is 2.27. The molecule has 0 fully saturated rings. The summed E-state index contributed by atoms with van der Waals surface area (Å²) in [5.74, 6) is -0.186. The minimum Gasteiger partial charge on any atom is -0.344 e. The Kier molecular flexibility index (Phi) is 5.37. The average Bonchev–Trinajstić information content (AvgIpc) is 3.06. The van der Waals surface area contributed by atoms with E-state index in [0.29, 0.717) is 18.5 Å². The second-order valence-electron chi connectivity index (χ2n) is 7.20. The van der Waals surface area contributed by atoms with Crippen LogP contribution in [0.15, 0.2) is 53.6 Å². The Morgan fingerprint density at radius 1 is 1.17 bits per heavy atom. The van der Waals surface area contributed by atoms with Crippen LogP contribution in [0.3, 0.4) is 0 Å². The van der Waals surface area contributed by atoms with Crippen molar-refractivity contribution in [1.29, 1.82) is 0 Å². The van der Waals surface area contributed by atoms with Gasteiger partial charge < -0.3 is 4.57 Å². The van der Waals surface area contributed by atoms with Gasteiger partial charge in [0.2, 0.25) is 5.91 Å². The van der Waals surface area contributed by atoms with Crippen molar-refractivity contribution < 1.29 is 9.72 Å². The predicted octanol–water partition coefficient (Wildman–Crippen LogP) is 3.97. The molecule has 3 aromatic rings. The van der Waals surface area contributed by atoms with Crippen molar-refractivity contribution in [3.63, 3.8) is 0 Å². The van der Waals surface area contributed by atoms with E-state index >= 15 is 0 Å². The van der Waals surface area contributed by atoms with Crippen molar-refractivity contribution in [1.82, 2.24) is 9.99 Å². The fourth-order valence-corrected chi connectivity index (χ4v) is 4.01. The Morgan fingerprint density at radius 2 is 2.00 bits per heavy atom. The molecule has 1 aromatic heterocycles. The first-order chi connectivity index (χ1) is 14.1. The summed E-state index contributed by atoms with van der Waals surface area (Å²) in [6.45, 7) is 0.605. The van der Waals surface area contributed by atoms with Gasteiger partial charge in [0.15, 0.2) is 0 Å². The maximum Gasteiger partial charge on any atom is 0.270 e. The van der Waals surface area contributed by atoms with E-state index in [4.69, 9.17) is 0 Å². The molecule has 0 saturated carbocycles. The van der Waals surface area contributed by atoms with E-state index in [-0.39, 0.29) is 11.6 Å². The SMILES string of the molecule is O=C(CCn1c2c(c3ccccc31)CCCC2)NN=Cc1cccc([N+](=O)[O-])c1. The van der Waals surface area contributed by atoms with Crippen molar-refractivity contribution in [2.75, 3.05) is 0 Å². The van der Waals surface area contributed by atoms with Crippen LogP contribution in [0.2, 0.25) is 0 Å². The Labute approximate surface area is 168 Å². The van der Waals surface area contributed by atoms with E-state index in [1.807, 2.05) is 6.07 Å². The maximum atomic E-state index is 12.3. The molecule has 4 rings (SSSR count). The highest BCUT2D eigenvalue weighted by atomic mass is 16.6. The molecule has 1 aliphatic carbocycles. The van der Waals surface area contributed by atoms with E-state index in [9.17, 15) is 14.9 Å². The molecule has 1 amide bonds. The number of amides is 1. The molecule has 0 atom stereocenters. The smallest absolute Gasteiger partial charge is 0.270 e. The Bertz CT molecular complexity index is 1100. The van der Waals surface area contributed by atoms with E-state index < -0.39 is 4.92 Å². The average molecular weight is 390 g/mol. The highest BCUT2D eigenvalue weighted by Crippen LogP contribution is 2.32. The van der Waals surface area contributed by atoms with Crippen molar-refractivity contribution >= 4 is 28.7 Å². The number of hydrogen-bond acceptors (Lipinski definition) is 4. The number of para-hydroxylation sites is 1. The zero-order valence-electron chi connectivity index (χ0n) is 16.0. The van der Waals surface area contributed by atoms with Crippen LogP contribution in [0.4, 0.5) is 5.69 Å². The van der Waals surface area contributed by atoms with Gasteiger partial charge in [0.05, 0.1) is 11.1 Å². The van der Waals surface area contributed by atoms with Crippen LogP contribution < -0.4 is 5.43 Å². The third-order valence-electron chi connectivity index (χ3n) is 5.33. The van der Waals surface area contributed by atoms with Crippen LogP contribution in [-0.4, -0.2) is 21.6 Å². The summed E-state index contributed by atoms with van der Waals surface area (Å²) in [6.07, 6.45) is 6.28. The van der Waals surface area contributed by atoms with E-state index in [2.05, 4.69) is 33.3 Å². The summed E-state index contributed by atoms with van der Waals surface area (Å²) in [4.78, 5) is 22.6.